The first kappa shape index (κ1) is 6.73. The summed E-state index contributed by atoms with van der Waals surface area (Å²) in [6, 6.07) is 4.15. The Kier molecular flexibility index (Phi) is 1.58. The van der Waals surface area contributed by atoms with E-state index in [9.17, 15) is 0 Å². The molecule has 11 heavy (non-hydrogen) atoms. The van der Waals surface area contributed by atoms with Gasteiger partial charge in [0.1, 0.15) is 0 Å². The molecule has 58 valence electrons. The van der Waals surface area contributed by atoms with Gasteiger partial charge in [-0.1, -0.05) is 0 Å². The van der Waals surface area contributed by atoms with Crippen molar-refractivity contribution in [1.29, 1.82) is 0 Å². The summed E-state index contributed by atoms with van der Waals surface area (Å²) in [4.78, 5) is 5.99. The van der Waals surface area contributed by atoms with Crippen molar-refractivity contribution >= 4 is 17.4 Å². The molecule has 1 aliphatic rings. The molecule has 1 aliphatic heterocycles. The summed E-state index contributed by atoms with van der Waals surface area (Å²) in [6.45, 7) is 0.510. The smallest absolute Gasteiger partial charge is 0.175 e. The van der Waals surface area contributed by atoms with Gasteiger partial charge in [-0.2, -0.15) is 0 Å². The van der Waals surface area contributed by atoms with E-state index in [-0.39, 0.29) is 0 Å². The summed E-state index contributed by atoms with van der Waals surface area (Å²) in [5.41, 5.74) is 0. The number of pyridine rings is 1. The Morgan fingerprint density at radius 2 is 2.64 bits per heavy atom. The summed E-state index contributed by atoms with van der Waals surface area (Å²) < 4.78 is 5.28. The highest BCUT2D eigenvalue weighted by atomic mass is 35.5. The van der Waals surface area contributed by atoms with E-state index in [1.165, 1.54) is 0 Å². The van der Waals surface area contributed by atoms with Crippen LogP contribution < -0.4 is 9.64 Å². The minimum absolute atomic E-state index is 0.421. The van der Waals surface area contributed by atoms with Gasteiger partial charge in [-0.05, 0) is 12.1 Å². The number of hydrogen-bond donors (Lipinski definition) is 0. The lowest BCUT2D eigenvalue weighted by atomic mass is 10.4. The summed E-state index contributed by atoms with van der Waals surface area (Å²) in [7, 11) is 0. The third-order valence-corrected chi connectivity index (χ3v) is 1.86. The molecule has 2 rings (SSSR count). The van der Waals surface area contributed by atoms with Crippen LogP contribution in [0.1, 0.15) is 0 Å². The SMILES string of the molecule is ClCN1COc2cccnc21. The second kappa shape index (κ2) is 2.58. The lowest BCUT2D eigenvalue weighted by molar-refractivity contribution is 0.351. The van der Waals surface area contributed by atoms with Crippen molar-refractivity contribution in [2.24, 2.45) is 0 Å². The molecule has 0 saturated carbocycles. The fourth-order valence-corrected chi connectivity index (χ4v) is 1.21. The van der Waals surface area contributed by atoms with Crippen LogP contribution in [0.25, 0.3) is 0 Å². The van der Waals surface area contributed by atoms with Crippen LogP contribution in [0.2, 0.25) is 0 Å². The molecule has 2 heterocycles. The molecule has 0 bridgehead atoms. The van der Waals surface area contributed by atoms with Crippen LogP contribution in [-0.4, -0.2) is 17.7 Å². The lowest BCUT2D eigenvalue weighted by Crippen LogP contribution is -2.20. The first-order valence-electron chi connectivity index (χ1n) is 3.30. The van der Waals surface area contributed by atoms with Crippen molar-refractivity contribution in [1.82, 2.24) is 4.98 Å². The van der Waals surface area contributed by atoms with Crippen molar-refractivity contribution in [3.05, 3.63) is 18.3 Å². The van der Waals surface area contributed by atoms with E-state index in [1.54, 1.807) is 6.20 Å². The van der Waals surface area contributed by atoms with E-state index < -0.39 is 0 Å². The summed E-state index contributed by atoms with van der Waals surface area (Å²) in [6.07, 6.45) is 1.73. The van der Waals surface area contributed by atoms with Crippen LogP contribution in [0.15, 0.2) is 18.3 Å². The van der Waals surface area contributed by atoms with E-state index in [4.69, 9.17) is 16.3 Å². The number of hydrogen-bond acceptors (Lipinski definition) is 3. The molecule has 0 amide bonds. The summed E-state index contributed by atoms with van der Waals surface area (Å²) >= 11 is 5.64. The van der Waals surface area contributed by atoms with Gasteiger partial charge in [0, 0.05) is 6.20 Å². The predicted molar refractivity (Wildman–Crippen MR) is 42.9 cm³/mol. The van der Waals surface area contributed by atoms with E-state index >= 15 is 0 Å². The highest BCUT2D eigenvalue weighted by Gasteiger charge is 2.19. The van der Waals surface area contributed by atoms with E-state index in [0.29, 0.717) is 12.7 Å². The summed E-state index contributed by atoms with van der Waals surface area (Å²) in [5, 5.41) is 0. The Labute approximate surface area is 69.6 Å². The van der Waals surface area contributed by atoms with Crippen molar-refractivity contribution < 1.29 is 4.74 Å². The molecule has 0 unspecified atom stereocenters. The molecule has 0 aliphatic carbocycles. The van der Waals surface area contributed by atoms with Crippen LogP contribution >= 0.6 is 11.6 Å². The number of fused-ring (bicyclic) bond motifs is 1. The minimum atomic E-state index is 0.421. The monoisotopic (exact) mass is 170 g/mol. The van der Waals surface area contributed by atoms with Crippen LogP contribution in [-0.2, 0) is 0 Å². The zero-order valence-electron chi connectivity index (χ0n) is 5.83. The molecule has 0 spiro atoms. The van der Waals surface area contributed by atoms with Gasteiger partial charge in [0.05, 0.1) is 6.00 Å². The highest BCUT2D eigenvalue weighted by Crippen LogP contribution is 2.30. The number of nitrogens with zero attached hydrogens (tertiary/aromatic N) is 2. The number of anilines is 1. The Morgan fingerprint density at radius 3 is 3.45 bits per heavy atom. The topological polar surface area (TPSA) is 25.4 Å². The van der Waals surface area contributed by atoms with Crippen LogP contribution in [0.5, 0.6) is 5.75 Å². The van der Waals surface area contributed by atoms with Gasteiger partial charge in [0.15, 0.2) is 18.3 Å². The van der Waals surface area contributed by atoms with Crippen molar-refractivity contribution in [2.45, 2.75) is 0 Å². The molecule has 0 N–H and O–H groups in total. The second-order valence-electron chi connectivity index (χ2n) is 2.26. The first-order valence-corrected chi connectivity index (χ1v) is 3.84. The van der Waals surface area contributed by atoms with Gasteiger partial charge in [0.2, 0.25) is 0 Å². The third-order valence-electron chi connectivity index (χ3n) is 1.57. The van der Waals surface area contributed by atoms with E-state index in [1.807, 2.05) is 17.0 Å². The molecule has 1 aromatic rings. The van der Waals surface area contributed by atoms with Gasteiger partial charge >= 0.3 is 0 Å². The van der Waals surface area contributed by atoms with Gasteiger partial charge in [-0.25, -0.2) is 4.98 Å². The molecule has 0 radical (unpaired) electrons. The van der Waals surface area contributed by atoms with Crippen LogP contribution in [0, 0.1) is 0 Å². The number of aromatic nitrogens is 1. The third kappa shape index (κ3) is 1.01. The fourth-order valence-electron chi connectivity index (χ4n) is 1.03. The van der Waals surface area contributed by atoms with Crippen LogP contribution in [0.4, 0.5) is 5.82 Å². The van der Waals surface area contributed by atoms with Crippen molar-refractivity contribution in [3.63, 3.8) is 0 Å². The zero-order chi connectivity index (χ0) is 7.68. The molecule has 1 aromatic heterocycles. The normalized spacial score (nSPS) is 14.5. The maximum absolute atomic E-state index is 5.64. The number of ether oxygens (including phenoxy) is 1. The maximum Gasteiger partial charge on any atom is 0.175 e. The molecule has 0 saturated heterocycles. The Bertz CT molecular complexity index is 266. The van der Waals surface area contributed by atoms with E-state index in [0.717, 1.165) is 11.6 Å². The summed E-state index contributed by atoms with van der Waals surface area (Å²) in [5.74, 6) is 1.65. The molecular weight excluding hydrogens is 164 g/mol. The maximum atomic E-state index is 5.64. The largest absolute Gasteiger partial charge is 0.469 e. The standard InChI is InChI=1S/C7H7ClN2O/c8-4-10-5-11-6-2-1-3-9-7(6)10/h1-3H,4-5H2. The molecule has 0 aromatic carbocycles. The van der Waals surface area contributed by atoms with Gasteiger partial charge in [-0.3, -0.25) is 0 Å². The van der Waals surface area contributed by atoms with Gasteiger partial charge < -0.3 is 9.64 Å². The molecule has 4 heteroatoms. The predicted octanol–water partition coefficient (Wildman–Crippen LogP) is 1.43. The molecule has 3 nitrogen and oxygen atoms in total. The Morgan fingerprint density at radius 1 is 1.73 bits per heavy atom. The molecule has 0 fully saturated rings. The number of alkyl halides is 1. The average Bonchev–Trinajstić information content (AvgIpc) is 2.47. The number of halogens is 1. The van der Waals surface area contributed by atoms with Gasteiger partial charge in [0.25, 0.3) is 0 Å². The Hall–Kier alpha value is -0.960. The Balaban J connectivity index is 2.39. The number of rotatable bonds is 1. The average molecular weight is 171 g/mol. The minimum Gasteiger partial charge on any atom is -0.469 e. The second-order valence-corrected chi connectivity index (χ2v) is 2.50. The molecule has 0 atom stereocenters. The first-order chi connectivity index (χ1) is 5.42. The fraction of sp³-hybridized carbons (Fsp3) is 0.286. The van der Waals surface area contributed by atoms with Crippen molar-refractivity contribution in [3.8, 4) is 5.75 Å². The van der Waals surface area contributed by atoms with E-state index in [2.05, 4.69) is 4.98 Å². The lowest BCUT2D eigenvalue weighted by Gasteiger charge is -2.08. The van der Waals surface area contributed by atoms with Gasteiger partial charge in [-0.15, -0.1) is 11.6 Å². The highest BCUT2D eigenvalue weighted by molar-refractivity contribution is 6.19. The quantitative estimate of drug-likeness (QED) is 0.471. The zero-order valence-corrected chi connectivity index (χ0v) is 6.58. The van der Waals surface area contributed by atoms with Crippen molar-refractivity contribution in [2.75, 3.05) is 17.6 Å². The van der Waals surface area contributed by atoms with Crippen LogP contribution in [0.3, 0.4) is 0 Å². The molecular formula is C7H7ClN2O.